The van der Waals surface area contributed by atoms with Crippen molar-refractivity contribution in [2.24, 2.45) is 0 Å². The molecule has 5 heteroatoms. The molecule has 2 rings (SSSR count). The molecule has 1 fully saturated rings. The van der Waals surface area contributed by atoms with Crippen LogP contribution < -0.4 is 10.6 Å². The Morgan fingerprint density at radius 2 is 1.95 bits per heavy atom. The van der Waals surface area contributed by atoms with E-state index in [4.69, 9.17) is 0 Å². The summed E-state index contributed by atoms with van der Waals surface area (Å²) in [6.07, 6.45) is 1.92. The molecule has 1 aromatic rings. The molecule has 106 valence electrons. The van der Waals surface area contributed by atoms with Gasteiger partial charge in [0.25, 0.3) is 5.91 Å². The molecule has 1 amide bonds. The Kier molecular flexibility index (Phi) is 4.28. The van der Waals surface area contributed by atoms with Crippen LogP contribution in [0, 0.1) is 2.88 Å². The first-order chi connectivity index (χ1) is 8.67. The van der Waals surface area contributed by atoms with Crippen LogP contribution in [-0.4, -0.2) is 23.0 Å². The number of thiophene rings is 1. The summed E-state index contributed by atoms with van der Waals surface area (Å²) >= 11 is 3.85. The van der Waals surface area contributed by atoms with E-state index >= 15 is 0 Å². The van der Waals surface area contributed by atoms with Gasteiger partial charge in [-0.15, -0.1) is 11.3 Å². The quantitative estimate of drug-likeness (QED) is 0.758. The Morgan fingerprint density at radius 3 is 2.42 bits per heavy atom. The fourth-order valence-electron chi connectivity index (χ4n) is 3.12. The highest BCUT2D eigenvalue weighted by Crippen LogP contribution is 2.28. The smallest absolute Gasteiger partial charge is 0.252 e. The molecule has 0 spiro atoms. The van der Waals surface area contributed by atoms with Gasteiger partial charge in [-0.25, -0.2) is 0 Å². The molecule has 0 aromatic carbocycles. The monoisotopic (exact) mass is 392 g/mol. The number of carbonyl (C=O) groups excluding carboxylic acids is 1. The number of rotatable bonds is 2. The minimum atomic E-state index is 0.0534. The molecule has 2 heterocycles. The largest absolute Gasteiger partial charge is 0.349 e. The first-order valence-electron chi connectivity index (χ1n) is 6.51. The molecule has 1 aromatic heterocycles. The van der Waals surface area contributed by atoms with E-state index in [0.717, 1.165) is 21.3 Å². The molecule has 0 aliphatic carbocycles. The van der Waals surface area contributed by atoms with Crippen molar-refractivity contribution in [3.8, 4) is 0 Å². The molecular formula is C14H21IN2OS. The third-order valence-corrected chi connectivity index (χ3v) is 5.14. The van der Waals surface area contributed by atoms with E-state index in [1.807, 2.05) is 11.4 Å². The average Bonchev–Trinajstić information content (AvgIpc) is 2.59. The van der Waals surface area contributed by atoms with Crippen LogP contribution >= 0.6 is 33.9 Å². The van der Waals surface area contributed by atoms with Gasteiger partial charge in [-0.05, 0) is 69.2 Å². The minimum Gasteiger partial charge on any atom is -0.349 e. The highest BCUT2D eigenvalue weighted by molar-refractivity contribution is 14.1. The Bertz CT molecular complexity index is 466. The molecule has 2 N–H and O–H groups in total. The lowest BCUT2D eigenvalue weighted by Crippen LogP contribution is -2.62. The van der Waals surface area contributed by atoms with Gasteiger partial charge < -0.3 is 10.6 Å². The Hall–Kier alpha value is -0.140. The second-order valence-corrected chi connectivity index (χ2v) is 9.42. The Labute approximate surface area is 132 Å². The van der Waals surface area contributed by atoms with Crippen molar-refractivity contribution < 1.29 is 4.79 Å². The fourth-order valence-corrected chi connectivity index (χ4v) is 4.45. The number of amides is 1. The number of piperidine rings is 1. The third-order valence-electron chi connectivity index (χ3n) is 3.36. The number of hydrogen-bond acceptors (Lipinski definition) is 3. The highest BCUT2D eigenvalue weighted by atomic mass is 127. The van der Waals surface area contributed by atoms with E-state index in [1.165, 1.54) is 0 Å². The van der Waals surface area contributed by atoms with E-state index in [9.17, 15) is 4.79 Å². The summed E-state index contributed by atoms with van der Waals surface area (Å²) in [5, 5.41) is 8.74. The van der Waals surface area contributed by atoms with Gasteiger partial charge in [-0.2, -0.15) is 0 Å². The number of hydrogen-bond donors (Lipinski definition) is 2. The summed E-state index contributed by atoms with van der Waals surface area (Å²) in [6.45, 7) is 8.78. The number of halogens is 1. The van der Waals surface area contributed by atoms with Crippen LogP contribution in [0.5, 0.6) is 0 Å². The van der Waals surface area contributed by atoms with Crippen molar-refractivity contribution >= 4 is 39.8 Å². The van der Waals surface area contributed by atoms with Gasteiger partial charge in [0.1, 0.15) is 0 Å². The topological polar surface area (TPSA) is 41.1 Å². The summed E-state index contributed by atoms with van der Waals surface area (Å²) < 4.78 is 1.15. The Balaban J connectivity index is 2.04. The molecule has 1 saturated heterocycles. The van der Waals surface area contributed by atoms with Gasteiger partial charge in [0.05, 0.1) is 8.45 Å². The lowest BCUT2D eigenvalue weighted by Gasteiger charge is -2.46. The second-order valence-electron chi connectivity index (χ2n) is 6.61. The van der Waals surface area contributed by atoms with E-state index in [2.05, 4.69) is 60.9 Å². The average molecular weight is 392 g/mol. The van der Waals surface area contributed by atoms with Crippen LogP contribution in [0.1, 0.15) is 50.9 Å². The van der Waals surface area contributed by atoms with Gasteiger partial charge in [-0.1, -0.05) is 0 Å². The van der Waals surface area contributed by atoms with Crippen molar-refractivity contribution in [3.63, 3.8) is 0 Å². The maximum atomic E-state index is 12.2. The molecule has 0 unspecified atom stereocenters. The number of nitrogens with one attached hydrogen (secondary N) is 2. The number of carbonyl (C=O) groups is 1. The van der Waals surface area contributed by atoms with Crippen LogP contribution in [0.2, 0.25) is 0 Å². The molecule has 3 nitrogen and oxygen atoms in total. The van der Waals surface area contributed by atoms with Crippen molar-refractivity contribution in [3.05, 3.63) is 19.9 Å². The van der Waals surface area contributed by atoms with Crippen molar-refractivity contribution in [1.82, 2.24) is 10.6 Å². The van der Waals surface area contributed by atoms with Crippen LogP contribution in [0.3, 0.4) is 0 Å². The van der Waals surface area contributed by atoms with Crippen molar-refractivity contribution in [2.45, 2.75) is 57.7 Å². The molecule has 1 aliphatic rings. The minimum absolute atomic E-state index is 0.0534. The summed E-state index contributed by atoms with van der Waals surface area (Å²) in [6, 6.07) is 2.18. The predicted octanol–water partition coefficient (Wildman–Crippen LogP) is 3.39. The van der Waals surface area contributed by atoms with Crippen molar-refractivity contribution in [1.29, 1.82) is 0 Å². The third kappa shape index (κ3) is 4.16. The summed E-state index contributed by atoms with van der Waals surface area (Å²) in [4.78, 5) is 12.2. The maximum absolute atomic E-state index is 12.2. The highest BCUT2D eigenvalue weighted by Gasteiger charge is 2.38. The van der Waals surface area contributed by atoms with Crippen LogP contribution in [0.4, 0.5) is 0 Å². The fraction of sp³-hybridized carbons (Fsp3) is 0.643. The molecular weight excluding hydrogens is 371 g/mol. The van der Waals surface area contributed by atoms with Gasteiger partial charge in [0.15, 0.2) is 0 Å². The summed E-state index contributed by atoms with van der Waals surface area (Å²) in [7, 11) is 0. The van der Waals surface area contributed by atoms with Crippen LogP contribution in [-0.2, 0) is 0 Å². The molecule has 0 saturated carbocycles. The molecule has 0 atom stereocenters. The Morgan fingerprint density at radius 1 is 1.37 bits per heavy atom. The first kappa shape index (κ1) is 15.3. The standard InChI is InChI=1S/C14H21IN2OS/c1-13(2)6-10(7-14(3,4)17-13)16-12(18)9-5-11(15)19-8-9/h5,8,10,17H,6-7H2,1-4H3,(H,16,18). The van der Waals surface area contributed by atoms with Gasteiger partial charge in [-0.3, -0.25) is 4.79 Å². The van der Waals surface area contributed by atoms with Gasteiger partial charge in [0.2, 0.25) is 0 Å². The normalized spacial score (nSPS) is 22.2. The molecule has 0 radical (unpaired) electrons. The summed E-state index contributed by atoms with van der Waals surface area (Å²) in [5.41, 5.74) is 0.898. The summed E-state index contributed by atoms with van der Waals surface area (Å²) in [5.74, 6) is 0.0534. The first-order valence-corrected chi connectivity index (χ1v) is 8.47. The molecule has 19 heavy (non-hydrogen) atoms. The van der Waals surface area contributed by atoms with E-state index < -0.39 is 0 Å². The van der Waals surface area contributed by atoms with Gasteiger partial charge in [0, 0.05) is 22.5 Å². The van der Waals surface area contributed by atoms with E-state index in [-0.39, 0.29) is 23.0 Å². The molecule has 1 aliphatic heterocycles. The second kappa shape index (κ2) is 5.33. The van der Waals surface area contributed by atoms with Gasteiger partial charge >= 0.3 is 0 Å². The lowest BCUT2D eigenvalue weighted by atomic mass is 9.79. The maximum Gasteiger partial charge on any atom is 0.252 e. The van der Waals surface area contributed by atoms with E-state index in [1.54, 1.807) is 11.3 Å². The zero-order chi connectivity index (χ0) is 14.3. The predicted molar refractivity (Wildman–Crippen MR) is 88.8 cm³/mol. The zero-order valence-electron chi connectivity index (χ0n) is 11.8. The van der Waals surface area contributed by atoms with E-state index in [0.29, 0.717) is 0 Å². The molecule has 0 bridgehead atoms. The SMILES string of the molecule is CC1(C)CC(NC(=O)c2csc(I)c2)CC(C)(C)N1. The van der Waals surface area contributed by atoms with Crippen LogP contribution in [0.25, 0.3) is 0 Å². The zero-order valence-corrected chi connectivity index (χ0v) is 14.8. The lowest BCUT2D eigenvalue weighted by molar-refractivity contribution is 0.0873. The van der Waals surface area contributed by atoms with Crippen LogP contribution in [0.15, 0.2) is 11.4 Å². The van der Waals surface area contributed by atoms with Crippen molar-refractivity contribution in [2.75, 3.05) is 0 Å².